The molecule has 3 N–H and O–H groups in total. The molecule has 2 aromatic heterocycles. The summed E-state index contributed by atoms with van der Waals surface area (Å²) in [6, 6.07) is 2.29. The van der Waals surface area contributed by atoms with Crippen molar-refractivity contribution >= 4 is 45.7 Å². The number of rotatable bonds is 4. The van der Waals surface area contributed by atoms with Crippen molar-refractivity contribution in [1.82, 2.24) is 25.2 Å². The molecule has 220 valence electrons. The highest BCUT2D eigenvalue weighted by atomic mass is 35.5. The maximum Gasteiger partial charge on any atom is 0.319 e. The van der Waals surface area contributed by atoms with Crippen molar-refractivity contribution in [3.8, 4) is 23.0 Å². The highest BCUT2D eigenvalue weighted by Crippen LogP contribution is 2.50. The Bertz CT molecular complexity index is 1670. The van der Waals surface area contributed by atoms with E-state index in [1.54, 1.807) is 13.0 Å². The van der Waals surface area contributed by atoms with Crippen molar-refractivity contribution in [2.24, 2.45) is 0 Å². The van der Waals surface area contributed by atoms with Gasteiger partial charge < -0.3 is 25.4 Å². The van der Waals surface area contributed by atoms with E-state index in [1.165, 1.54) is 5.57 Å². The fraction of sp³-hybridized carbons (Fsp3) is 0.500. The van der Waals surface area contributed by atoms with Gasteiger partial charge in [-0.1, -0.05) is 35.4 Å². The number of pyridine rings is 1. The molecule has 0 amide bonds. The first kappa shape index (κ1) is 26.7. The number of aryl methyl sites for hydroxylation is 1. The number of hydrogen-bond donors (Lipinski definition) is 2. The van der Waals surface area contributed by atoms with Crippen LogP contribution in [0.25, 0.3) is 22.2 Å². The maximum atomic E-state index is 16.8. The summed E-state index contributed by atoms with van der Waals surface area (Å²) in [6.07, 6.45) is 5.09. The van der Waals surface area contributed by atoms with E-state index >= 15 is 4.39 Å². The summed E-state index contributed by atoms with van der Waals surface area (Å²) in [4.78, 5) is 18.7. The molecule has 5 aliphatic heterocycles. The minimum atomic E-state index is -0.665. The third-order valence-corrected chi connectivity index (χ3v) is 10.6. The van der Waals surface area contributed by atoms with Crippen molar-refractivity contribution in [3.05, 3.63) is 39.6 Å². The fourth-order valence-electron chi connectivity index (χ4n) is 7.85. The number of halogens is 3. The lowest BCUT2D eigenvalue weighted by Crippen LogP contribution is -2.60. The first-order chi connectivity index (χ1) is 20.2. The second-order valence-corrected chi connectivity index (χ2v) is 13.2. The summed E-state index contributed by atoms with van der Waals surface area (Å²) in [7, 11) is 0. The number of hydrogen-bond acceptors (Lipinski definition) is 9. The van der Waals surface area contributed by atoms with Crippen LogP contribution in [-0.4, -0.2) is 76.4 Å². The first-order valence-electron chi connectivity index (χ1n) is 14.6. The van der Waals surface area contributed by atoms with Gasteiger partial charge in [0.15, 0.2) is 11.6 Å². The van der Waals surface area contributed by atoms with E-state index in [2.05, 4.69) is 31.7 Å². The molecule has 7 heterocycles. The molecular formula is C30H32Cl2FN7O2. The van der Waals surface area contributed by atoms with Gasteiger partial charge in [0.1, 0.15) is 30.4 Å². The predicted octanol–water partition coefficient (Wildman–Crippen LogP) is 4.90. The molecule has 2 bridgehead atoms. The molecule has 42 heavy (non-hydrogen) atoms. The molecule has 5 aliphatic rings. The standard InChI is InChI=1S/C30H32Cl2FN7O2/c1-14-9-30(6-3-7-39(30)10-14)13-42-29-37-26-21-27(23(32)20(24(26)33)25-22(31)15(2)8-19(34)36-25)41-12-18-17-5-4-16(35-17)11-40(18)28(21)38-29/h8,16-18,35H,1,3-7,9-13H2,2H3,(H2,34,36)/t16-,17+,18-,30+/m1/s1. The molecule has 0 radical (unpaired) electrons. The third-order valence-electron chi connectivity index (χ3n) is 9.77. The normalized spacial score (nSPS) is 28.1. The molecule has 9 nitrogen and oxygen atoms in total. The lowest BCUT2D eigenvalue weighted by molar-refractivity contribution is 0.108. The van der Waals surface area contributed by atoms with Gasteiger partial charge in [-0.2, -0.15) is 9.97 Å². The second-order valence-electron chi connectivity index (χ2n) is 12.5. The molecular weight excluding hydrogens is 580 g/mol. The molecule has 4 atom stereocenters. The average Bonchev–Trinajstić information content (AvgIpc) is 3.58. The summed E-state index contributed by atoms with van der Waals surface area (Å²) in [5.74, 6) is 0.444. The molecule has 0 unspecified atom stereocenters. The second kappa shape index (κ2) is 9.54. The van der Waals surface area contributed by atoms with E-state index in [0.29, 0.717) is 41.8 Å². The fourth-order valence-corrected chi connectivity index (χ4v) is 8.36. The minimum absolute atomic E-state index is 0.00216. The van der Waals surface area contributed by atoms with Crippen LogP contribution in [0.3, 0.4) is 0 Å². The Labute approximate surface area is 253 Å². The van der Waals surface area contributed by atoms with Crippen molar-refractivity contribution < 1.29 is 13.9 Å². The Morgan fingerprint density at radius 2 is 2.12 bits per heavy atom. The SMILES string of the molecule is C=C1CN2CCC[C@@]2(COc2nc3c4c(c(Cl)c(-c5nc(N)cc(C)c5Cl)c(F)c4n2)OC[C@@H]2[C@@H]4CC[C@H](CN32)N4)C1. The number of aromatic nitrogens is 3. The molecule has 0 aliphatic carbocycles. The highest BCUT2D eigenvalue weighted by Gasteiger charge is 2.47. The number of ether oxygens (including phenoxy) is 2. The number of fused-ring (bicyclic) bond motifs is 6. The monoisotopic (exact) mass is 611 g/mol. The van der Waals surface area contributed by atoms with Crippen LogP contribution in [0.15, 0.2) is 18.2 Å². The van der Waals surface area contributed by atoms with E-state index in [-0.39, 0.29) is 56.3 Å². The number of benzene rings is 1. The zero-order valence-corrected chi connectivity index (χ0v) is 24.9. The third kappa shape index (κ3) is 3.91. The van der Waals surface area contributed by atoms with Crippen LogP contribution < -0.4 is 25.4 Å². The summed E-state index contributed by atoms with van der Waals surface area (Å²) >= 11 is 13.6. The number of nitrogens with one attached hydrogen (secondary N) is 1. The number of nitrogen functional groups attached to an aromatic ring is 1. The van der Waals surface area contributed by atoms with E-state index in [9.17, 15) is 0 Å². The van der Waals surface area contributed by atoms with Crippen LogP contribution in [-0.2, 0) is 0 Å². The smallest absolute Gasteiger partial charge is 0.319 e. The number of nitrogens with zero attached hydrogens (tertiary/aromatic N) is 5. The zero-order valence-electron chi connectivity index (χ0n) is 23.4. The largest absolute Gasteiger partial charge is 0.489 e. The van der Waals surface area contributed by atoms with E-state index < -0.39 is 5.82 Å². The molecule has 4 saturated heterocycles. The van der Waals surface area contributed by atoms with Crippen LogP contribution in [0.5, 0.6) is 11.8 Å². The van der Waals surface area contributed by atoms with Crippen LogP contribution in [0.4, 0.5) is 16.0 Å². The van der Waals surface area contributed by atoms with Gasteiger partial charge in [0, 0.05) is 25.2 Å². The van der Waals surface area contributed by atoms with E-state index in [1.807, 2.05) is 0 Å². The predicted molar refractivity (Wildman–Crippen MR) is 161 cm³/mol. The van der Waals surface area contributed by atoms with Gasteiger partial charge in [-0.05, 0) is 57.2 Å². The average molecular weight is 613 g/mol. The van der Waals surface area contributed by atoms with Crippen molar-refractivity contribution in [1.29, 1.82) is 0 Å². The Morgan fingerprint density at radius 3 is 2.98 bits per heavy atom. The topological polar surface area (TPSA) is 102 Å². The number of anilines is 2. The summed E-state index contributed by atoms with van der Waals surface area (Å²) in [5.41, 5.74) is 8.01. The van der Waals surface area contributed by atoms with E-state index in [0.717, 1.165) is 51.7 Å². The van der Waals surface area contributed by atoms with Crippen LogP contribution in [0.2, 0.25) is 10.0 Å². The van der Waals surface area contributed by atoms with Crippen LogP contribution in [0.1, 0.15) is 37.7 Å². The quantitative estimate of drug-likeness (QED) is 0.399. The van der Waals surface area contributed by atoms with Gasteiger partial charge in [0.05, 0.1) is 38.3 Å². The van der Waals surface area contributed by atoms with Crippen molar-refractivity contribution in [3.63, 3.8) is 0 Å². The minimum Gasteiger partial charge on any atom is -0.489 e. The molecule has 0 saturated carbocycles. The Balaban J connectivity index is 1.32. The molecule has 4 fully saturated rings. The summed E-state index contributed by atoms with van der Waals surface area (Å²) in [5, 5.41) is 4.47. The summed E-state index contributed by atoms with van der Waals surface area (Å²) < 4.78 is 29.6. The van der Waals surface area contributed by atoms with Gasteiger partial charge in [-0.15, -0.1) is 0 Å². The number of piperazine rings is 1. The van der Waals surface area contributed by atoms with Crippen LogP contribution in [0, 0.1) is 12.7 Å². The lowest BCUT2D eigenvalue weighted by atomic mass is 9.94. The number of nitrogens with two attached hydrogens (primary N) is 1. The molecule has 3 aromatic rings. The van der Waals surface area contributed by atoms with Gasteiger partial charge in [0.2, 0.25) is 0 Å². The molecule has 12 heteroatoms. The van der Waals surface area contributed by atoms with Gasteiger partial charge >= 0.3 is 6.01 Å². The Morgan fingerprint density at radius 1 is 1.26 bits per heavy atom. The molecule has 0 spiro atoms. The van der Waals surface area contributed by atoms with Gasteiger partial charge in [-0.25, -0.2) is 9.37 Å². The zero-order chi connectivity index (χ0) is 28.9. The Kier molecular flexibility index (Phi) is 6.06. The highest BCUT2D eigenvalue weighted by molar-refractivity contribution is 6.38. The first-order valence-corrected chi connectivity index (χ1v) is 15.3. The van der Waals surface area contributed by atoms with Gasteiger partial charge in [-0.3, -0.25) is 4.90 Å². The lowest BCUT2D eigenvalue weighted by Gasteiger charge is -2.40. The van der Waals surface area contributed by atoms with E-state index in [4.69, 9.17) is 43.4 Å². The summed E-state index contributed by atoms with van der Waals surface area (Å²) in [6.45, 7) is 9.39. The molecule has 8 rings (SSSR count). The van der Waals surface area contributed by atoms with Crippen molar-refractivity contribution in [2.45, 2.75) is 62.7 Å². The molecule has 1 aromatic carbocycles. The van der Waals surface area contributed by atoms with Crippen LogP contribution >= 0.6 is 23.2 Å². The van der Waals surface area contributed by atoms with Crippen molar-refractivity contribution in [2.75, 3.05) is 43.5 Å². The van der Waals surface area contributed by atoms with Gasteiger partial charge in [0.25, 0.3) is 0 Å². The maximum absolute atomic E-state index is 16.8. The Hall–Kier alpha value is -2.92.